The van der Waals surface area contributed by atoms with Gasteiger partial charge in [-0.25, -0.2) is 0 Å². The summed E-state index contributed by atoms with van der Waals surface area (Å²) in [4.78, 5) is 12.6. The van der Waals surface area contributed by atoms with Crippen LogP contribution in [-0.2, 0) is 32.0 Å². The molecule has 0 saturated heterocycles. The highest BCUT2D eigenvalue weighted by atomic mass is 28.4. The third-order valence-corrected chi connectivity index (χ3v) is 34.9. The largest absolute Gasteiger partial charge is 0.397 e. The van der Waals surface area contributed by atoms with Gasteiger partial charge in [0, 0.05) is 24.8 Å². The van der Waals surface area contributed by atoms with Crippen LogP contribution in [0.3, 0.4) is 0 Å². The van der Waals surface area contributed by atoms with Crippen molar-refractivity contribution in [1.82, 2.24) is 5.32 Å². The van der Waals surface area contributed by atoms with Gasteiger partial charge < -0.3 is 42.7 Å². The van der Waals surface area contributed by atoms with E-state index in [-0.39, 0.29) is 43.8 Å². The third kappa shape index (κ3) is 22.6. The Morgan fingerprint density at radius 1 is 0.542 bits per heavy atom. The zero-order chi connectivity index (χ0) is 45.0. The molecule has 0 aliphatic heterocycles. The molecule has 2 unspecified atom stereocenters. The molecule has 10 nitrogen and oxygen atoms in total. The van der Waals surface area contributed by atoms with Gasteiger partial charge in [0.05, 0.1) is 25.4 Å². The maximum Gasteiger partial charge on any atom is 0.246 e. The number of nitrogens with one attached hydrogen (secondary N) is 1. The van der Waals surface area contributed by atoms with Crippen LogP contribution in [0.5, 0.6) is 0 Å². The molecule has 4 radical (unpaired) electrons. The SMILES string of the molecule is C=C(C)C(=O)NC(CC(O)COCCC[Si]C(O[Si](CC)(CC)CC)O[Si](CC)(CC)CC)CC(O)COCCC[Si]C(O[Si](CC)(CC)CC)O[Si](CC)(CC)CC. The molecule has 0 aromatic heterocycles. The van der Waals surface area contributed by atoms with Crippen LogP contribution in [0.15, 0.2) is 12.2 Å². The van der Waals surface area contributed by atoms with Crippen LogP contribution in [0, 0.1) is 0 Å². The van der Waals surface area contributed by atoms with E-state index in [0.717, 1.165) is 97.5 Å². The quantitative estimate of drug-likeness (QED) is 0.0238. The number of carbonyl (C=O) groups is 1. The summed E-state index contributed by atoms with van der Waals surface area (Å²) in [7, 11) is -6.18. The zero-order valence-corrected chi connectivity index (χ0v) is 46.4. The summed E-state index contributed by atoms with van der Waals surface area (Å²) < 4.78 is 39.6. The van der Waals surface area contributed by atoms with Gasteiger partial charge in [-0.15, -0.1) is 0 Å². The summed E-state index contributed by atoms with van der Waals surface area (Å²) in [5.74, 6) is -0.537. The molecule has 0 heterocycles. The van der Waals surface area contributed by atoms with Crippen LogP contribution < -0.4 is 5.32 Å². The van der Waals surface area contributed by atoms with Crippen molar-refractivity contribution >= 4 is 58.2 Å². The Labute approximate surface area is 373 Å². The van der Waals surface area contributed by atoms with Crippen molar-refractivity contribution in [2.45, 2.75) is 230 Å². The number of aliphatic hydroxyl groups excluding tert-OH is 2. The fourth-order valence-corrected chi connectivity index (χ4v) is 23.4. The molecule has 0 saturated carbocycles. The molecule has 0 aromatic rings. The topological polar surface area (TPSA) is 125 Å². The minimum Gasteiger partial charge on any atom is -0.397 e. The Bertz CT molecular complexity index is 935. The summed E-state index contributed by atoms with van der Waals surface area (Å²) in [6, 6.07) is 14.7. The molecular formula is C43H93NO9Si6. The van der Waals surface area contributed by atoms with Crippen molar-refractivity contribution in [3.05, 3.63) is 12.2 Å². The molecule has 0 rings (SSSR count). The first-order chi connectivity index (χ1) is 28.1. The first-order valence-electron chi connectivity index (χ1n) is 23.7. The lowest BCUT2D eigenvalue weighted by Gasteiger charge is -2.39. The van der Waals surface area contributed by atoms with Crippen LogP contribution in [-0.4, -0.2) is 125 Å². The summed E-state index contributed by atoms with van der Waals surface area (Å²) in [5.41, 5.74) is 0.382. The van der Waals surface area contributed by atoms with E-state index < -0.39 is 51.5 Å². The van der Waals surface area contributed by atoms with E-state index in [9.17, 15) is 15.0 Å². The van der Waals surface area contributed by atoms with Crippen LogP contribution >= 0.6 is 0 Å². The highest BCUT2D eigenvalue weighted by Crippen LogP contribution is 2.30. The molecule has 59 heavy (non-hydrogen) atoms. The Kier molecular flexibility index (Phi) is 32.9. The fourth-order valence-electron chi connectivity index (χ4n) is 7.67. The number of amides is 1. The summed E-state index contributed by atoms with van der Waals surface area (Å²) in [6.45, 7) is 34.0. The molecule has 1 amide bonds. The van der Waals surface area contributed by atoms with Gasteiger partial charge in [-0.2, -0.15) is 0 Å². The second kappa shape index (κ2) is 32.8. The predicted octanol–water partition coefficient (Wildman–Crippen LogP) is 10.3. The average Bonchev–Trinajstić information content (AvgIpc) is 3.25. The second-order valence-corrected chi connectivity index (χ2v) is 38.3. The van der Waals surface area contributed by atoms with Gasteiger partial charge in [0.2, 0.25) is 5.91 Å². The van der Waals surface area contributed by atoms with E-state index in [1.807, 2.05) is 0 Å². The van der Waals surface area contributed by atoms with Gasteiger partial charge in [-0.05, 0) is 105 Å². The first kappa shape index (κ1) is 59.2. The number of carbonyl (C=O) groups excluding carboxylic acids is 1. The standard InChI is InChI=1S/C43H93NO9Si6/c1-15-56(16-2,17-3)50-42(51-57(18-4,19-5)20-6)54-31-27-29-48-35-39(45)33-38(44-41(47)37(13)14)34-40(46)36-49-30-28-32-55-43(52-58(21-7,22-8)23-9)53-59(24-10,25-11)26-12/h38-40,42-43,45-46H,13,15-36H2,1-12,14H3,(H,44,47). The molecule has 0 bridgehead atoms. The minimum atomic E-state index is -1.82. The maximum atomic E-state index is 12.6. The summed E-state index contributed by atoms with van der Waals surface area (Å²) in [5, 5.41) is 24.8. The Hall–Kier alpha value is 0.191. The highest BCUT2D eigenvalue weighted by molar-refractivity contribution is 6.76. The summed E-state index contributed by atoms with van der Waals surface area (Å²) in [6.07, 6.45) is 0.650. The van der Waals surface area contributed by atoms with Gasteiger partial charge in [0.15, 0.2) is 33.3 Å². The Morgan fingerprint density at radius 2 is 0.814 bits per heavy atom. The van der Waals surface area contributed by atoms with Gasteiger partial charge in [-0.3, -0.25) is 4.79 Å². The van der Waals surface area contributed by atoms with Gasteiger partial charge in [0.1, 0.15) is 30.9 Å². The predicted molar refractivity (Wildman–Crippen MR) is 261 cm³/mol. The van der Waals surface area contributed by atoms with Crippen molar-refractivity contribution in [2.75, 3.05) is 26.4 Å². The molecule has 0 aliphatic rings. The van der Waals surface area contributed by atoms with Crippen molar-refractivity contribution in [2.24, 2.45) is 0 Å². The average molecular weight is 937 g/mol. The van der Waals surface area contributed by atoms with E-state index in [4.69, 9.17) is 27.2 Å². The lowest BCUT2D eigenvalue weighted by Crippen LogP contribution is -2.49. The first-order valence-corrected chi connectivity index (χ1v) is 36.4. The van der Waals surface area contributed by atoms with E-state index in [1.165, 1.54) is 0 Å². The third-order valence-electron chi connectivity index (χ3n) is 13.2. The second-order valence-electron chi connectivity index (χ2n) is 16.6. The number of hydrogen-bond donors (Lipinski definition) is 3. The fraction of sp³-hybridized carbons (Fsp3) is 0.930. The maximum absolute atomic E-state index is 12.6. The van der Waals surface area contributed by atoms with Crippen molar-refractivity contribution in [1.29, 1.82) is 0 Å². The number of ether oxygens (including phenoxy) is 2. The lowest BCUT2D eigenvalue weighted by atomic mass is 10.0. The van der Waals surface area contributed by atoms with Crippen LogP contribution in [0.25, 0.3) is 0 Å². The Morgan fingerprint density at radius 3 is 1.05 bits per heavy atom. The van der Waals surface area contributed by atoms with E-state index in [2.05, 4.69) is 95.0 Å². The highest BCUT2D eigenvalue weighted by Gasteiger charge is 2.39. The van der Waals surface area contributed by atoms with Crippen LogP contribution in [0.2, 0.25) is 84.6 Å². The smallest absolute Gasteiger partial charge is 0.246 e. The molecule has 348 valence electrons. The number of rotatable bonds is 40. The molecular weight excluding hydrogens is 843 g/mol. The van der Waals surface area contributed by atoms with Gasteiger partial charge in [-0.1, -0.05) is 102 Å². The van der Waals surface area contributed by atoms with E-state index >= 15 is 0 Å². The molecule has 16 heteroatoms. The molecule has 0 fully saturated rings. The van der Waals surface area contributed by atoms with Crippen LogP contribution in [0.1, 0.15) is 116 Å². The number of hydrogen-bond acceptors (Lipinski definition) is 9. The minimum absolute atomic E-state index is 0.123. The van der Waals surface area contributed by atoms with Crippen molar-refractivity contribution in [3.63, 3.8) is 0 Å². The van der Waals surface area contributed by atoms with Gasteiger partial charge >= 0.3 is 0 Å². The Balaban J connectivity index is 5.13. The van der Waals surface area contributed by atoms with E-state index in [0.29, 0.717) is 37.8 Å². The summed E-state index contributed by atoms with van der Waals surface area (Å²) >= 11 is 0. The van der Waals surface area contributed by atoms with Crippen LogP contribution in [0.4, 0.5) is 0 Å². The normalized spacial score (nSPS) is 14.6. The molecule has 0 aromatic carbocycles. The molecule has 0 spiro atoms. The number of aliphatic hydroxyl groups is 2. The molecule has 3 N–H and O–H groups in total. The van der Waals surface area contributed by atoms with Crippen molar-refractivity contribution in [3.8, 4) is 0 Å². The molecule has 0 aliphatic carbocycles. The molecule has 2 atom stereocenters. The van der Waals surface area contributed by atoms with E-state index in [1.54, 1.807) is 6.92 Å². The van der Waals surface area contributed by atoms with Gasteiger partial charge in [0.25, 0.3) is 0 Å². The monoisotopic (exact) mass is 936 g/mol. The lowest BCUT2D eigenvalue weighted by molar-refractivity contribution is -0.118. The van der Waals surface area contributed by atoms with Crippen molar-refractivity contribution < 1.29 is 42.2 Å². The zero-order valence-electron chi connectivity index (χ0n) is 40.4.